The van der Waals surface area contributed by atoms with Crippen molar-refractivity contribution in [1.29, 1.82) is 5.26 Å². The number of carbonyl (C=O) groups excluding carboxylic acids is 1. The van der Waals surface area contributed by atoms with Gasteiger partial charge in [0.15, 0.2) is 17.1 Å². The van der Waals surface area contributed by atoms with Crippen LogP contribution in [0.3, 0.4) is 0 Å². The van der Waals surface area contributed by atoms with Crippen molar-refractivity contribution >= 4 is 17.7 Å². The van der Waals surface area contributed by atoms with E-state index in [1.807, 2.05) is 47.9 Å². The van der Waals surface area contributed by atoms with E-state index in [1.165, 1.54) is 18.7 Å². The molecule has 0 spiro atoms. The minimum absolute atomic E-state index is 0.0962. The Balaban J connectivity index is 2.08. The van der Waals surface area contributed by atoms with E-state index < -0.39 is 12.1 Å². The highest BCUT2D eigenvalue weighted by Crippen LogP contribution is 2.23. The fourth-order valence-electron chi connectivity index (χ4n) is 1.86. The molecule has 114 valence electrons. The molecule has 0 aliphatic carbocycles. The maximum absolute atomic E-state index is 11.6. The quantitative estimate of drug-likeness (QED) is 0.601. The summed E-state index contributed by atoms with van der Waals surface area (Å²) in [6.45, 7) is 4.23. The summed E-state index contributed by atoms with van der Waals surface area (Å²) in [5.74, 6) is 0.425. The first-order valence-corrected chi connectivity index (χ1v) is 7.84. The summed E-state index contributed by atoms with van der Waals surface area (Å²) in [5.41, 5.74) is 0.976. The largest absolute Gasteiger partial charge is 0.447 e. The standard InChI is InChI=1S/C15H16N4O2S/c1-3-19-14(12-7-5-4-6-8-12)17-18-15(19)22-10-13(20)21-11(2)9-16/h4-8,11H,3,10H2,1-2H3/t11-/m0/s1. The number of esters is 1. The topological polar surface area (TPSA) is 80.8 Å². The van der Waals surface area contributed by atoms with Crippen LogP contribution >= 0.6 is 11.8 Å². The smallest absolute Gasteiger partial charge is 0.317 e. The maximum atomic E-state index is 11.6. The van der Waals surface area contributed by atoms with Gasteiger partial charge in [0.2, 0.25) is 0 Å². The molecule has 0 unspecified atom stereocenters. The Hall–Kier alpha value is -2.33. The van der Waals surface area contributed by atoms with Gasteiger partial charge in [0.25, 0.3) is 0 Å². The summed E-state index contributed by atoms with van der Waals surface area (Å²) in [4.78, 5) is 11.6. The molecule has 1 aromatic carbocycles. The van der Waals surface area contributed by atoms with Crippen LogP contribution in [0, 0.1) is 11.3 Å². The van der Waals surface area contributed by atoms with E-state index in [0.717, 1.165) is 11.4 Å². The van der Waals surface area contributed by atoms with Gasteiger partial charge in [-0.05, 0) is 13.8 Å². The number of nitrogens with zero attached hydrogens (tertiary/aromatic N) is 4. The van der Waals surface area contributed by atoms with Gasteiger partial charge in [-0.25, -0.2) is 0 Å². The van der Waals surface area contributed by atoms with Crippen molar-refractivity contribution in [1.82, 2.24) is 14.8 Å². The van der Waals surface area contributed by atoms with E-state index in [0.29, 0.717) is 11.7 Å². The first-order valence-electron chi connectivity index (χ1n) is 6.86. The van der Waals surface area contributed by atoms with Crippen LogP contribution in [0.4, 0.5) is 0 Å². The average Bonchev–Trinajstić information content (AvgIpc) is 2.96. The van der Waals surface area contributed by atoms with Gasteiger partial charge in [0.1, 0.15) is 6.07 Å². The highest BCUT2D eigenvalue weighted by Gasteiger charge is 2.15. The highest BCUT2D eigenvalue weighted by molar-refractivity contribution is 7.99. The summed E-state index contributed by atoms with van der Waals surface area (Å²) in [7, 11) is 0. The molecule has 0 saturated carbocycles. The lowest BCUT2D eigenvalue weighted by Gasteiger charge is -2.08. The van der Waals surface area contributed by atoms with Gasteiger partial charge in [-0.15, -0.1) is 10.2 Å². The fraction of sp³-hybridized carbons (Fsp3) is 0.333. The van der Waals surface area contributed by atoms with E-state index >= 15 is 0 Å². The second-order valence-corrected chi connectivity index (χ2v) is 5.41. The van der Waals surface area contributed by atoms with Crippen LogP contribution in [0.2, 0.25) is 0 Å². The Kier molecular flexibility index (Phi) is 5.55. The molecule has 0 fully saturated rings. The number of ether oxygens (including phenoxy) is 1. The van der Waals surface area contributed by atoms with Crippen LogP contribution in [0.25, 0.3) is 11.4 Å². The third-order valence-electron chi connectivity index (χ3n) is 2.87. The third kappa shape index (κ3) is 3.86. The molecule has 0 aliphatic heterocycles. The van der Waals surface area contributed by atoms with Gasteiger partial charge in [-0.1, -0.05) is 42.1 Å². The monoisotopic (exact) mass is 316 g/mol. The summed E-state index contributed by atoms with van der Waals surface area (Å²) in [5, 5.41) is 17.6. The van der Waals surface area contributed by atoms with Crippen molar-refractivity contribution in [3.63, 3.8) is 0 Å². The first kappa shape index (κ1) is 16.0. The molecule has 1 heterocycles. The molecular weight excluding hydrogens is 300 g/mol. The molecule has 0 N–H and O–H groups in total. The zero-order chi connectivity index (χ0) is 15.9. The normalized spacial score (nSPS) is 11.7. The summed E-state index contributed by atoms with van der Waals surface area (Å²) in [6.07, 6.45) is -0.739. The minimum atomic E-state index is -0.739. The Morgan fingerprint density at radius 3 is 2.77 bits per heavy atom. The van der Waals surface area contributed by atoms with Gasteiger partial charge in [-0.2, -0.15) is 5.26 Å². The van der Waals surface area contributed by atoms with E-state index in [-0.39, 0.29) is 5.75 Å². The fourth-order valence-corrected chi connectivity index (χ4v) is 2.65. The Bertz CT molecular complexity index is 679. The number of rotatable bonds is 6. The van der Waals surface area contributed by atoms with Crippen molar-refractivity contribution in [3.8, 4) is 17.5 Å². The minimum Gasteiger partial charge on any atom is -0.447 e. The summed E-state index contributed by atoms with van der Waals surface area (Å²) >= 11 is 1.25. The van der Waals surface area contributed by atoms with Crippen molar-refractivity contribution in [2.24, 2.45) is 0 Å². The molecular formula is C15H16N4O2S. The van der Waals surface area contributed by atoms with Crippen LogP contribution in [0.5, 0.6) is 0 Å². The second kappa shape index (κ2) is 7.61. The van der Waals surface area contributed by atoms with Crippen molar-refractivity contribution in [2.45, 2.75) is 31.7 Å². The van der Waals surface area contributed by atoms with Crippen molar-refractivity contribution in [3.05, 3.63) is 30.3 Å². The van der Waals surface area contributed by atoms with Crippen LogP contribution < -0.4 is 0 Å². The van der Waals surface area contributed by atoms with E-state index in [1.54, 1.807) is 0 Å². The van der Waals surface area contributed by atoms with Crippen LogP contribution in [-0.4, -0.2) is 32.6 Å². The molecule has 0 radical (unpaired) electrons. The third-order valence-corrected chi connectivity index (χ3v) is 3.81. The lowest BCUT2D eigenvalue weighted by Crippen LogP contribution is -2.15. The molecule has 1 atom stereocenters. The molecule has 2 rings (SSSR count). The molecule has 0 amide bonds. The molecule has 2 aromatic rings. The summed E-state index contributed by atoms with van der Waals surface area (Å²) in [6, 6.07) is 11.6. The molecule has 7 heteroatoms. The van der Waals surface area contributed by atoms with Crippen LogP contribution in [0.15, 0.2) is 35.5 Å². The lowest BCUT2D eigenvalue weighted by atomic mass is 10.2. The summed E-state index contributed by atoms with van der Waals surface area (Å²) < 4.78 is 6.85. The number of hydrogen-bond donors (Lipinski definition) is 0. The number of benzene rings is 1. The molecule has 1 aromatic heterocycles. The molecule has 6 nitrogen and oxygen atoms in total. The Labute approximate surface area is 133 Å². The van der Waals surface area contributed by atoms with Crippen molar-refractivity contribution < 1.29 is 9.53 Å². The Morgan fingerprint density at radius 1 is 1.41 bits per heavy atom. The van der Waals surface area contributed by atoms with Gasteiger partial charge >= 0.3 is 5.97 Å². The number of aromatic nitrogens is 3. The van der Waals surface area contributed by atoms with Gasteiger partial charge in [-0.3, -0.25) is 4.79 Å². The van der Waals surface area contributed by atoms with E-state index in [4.69, 9.17) is 10.00 Å². The average molecular weight is 316 g/mol. The molecule has 0 aliphatic rings. The number of carbonyl (C=O) groups is 1. The number of thioether (sulfide) groups is 1. The molecule has 22 heavy (non-hydrogen) atoms. The van der Waals surface area contributed by atoms with E-state index in [9.17, 15) is 4.79 Å². The first-order chi connectivity index (χ1) is 10.7. The second-order valence-electron chi connectivity index (χ2n) is 4.47. The van der Waals surface area contributed by atoms with Crippen LogP contribution in [0.1, 0.15) is 13.8 Å². The highest BCUT2D eigenvalue weighted by atomic mass is 32.2. The van der Waals surface area contributed by atoms with Gasteiger partial charge < -0.3 is 9.30 Å². The van der Waals surface area contributed by atoms with Gasteiger partial charge in [0.05, 0.1) is 5.75 Å². The maximum Gasteiger partial charge on any atom is 0.317 e. The SMILES string of the molecule is CCn1c(SCC(=O)O[C@@H](C)C#N)nnc1-c1ccccc1. The van der Waals surface area contributed by atoms with E-state index in [2.05, 4.69) is 10.2 Å². The van der Waals surface area contributed by atoms with Crippen LogP contribution in [-0.2, 0) is 16.1 Å². The number of hydrogen-bond acceptors (Lipinski definition) is 6. The molecule has 0 bridgehead atoms. The predicted molar refractivity (Wildman–Crippen MR) is 83.0 cm³/mol. The Morgan fingerprint density at radius 2 is 2.14 bits per heavy atom. The zero-order valence-corrected chi connectivity index (χ0v) is 13.2. The predicted octanol–water partition coefficient (Wildman–Crippen LogP) is 2.51. The zero-order valence-electron chi connectivity index (χ0n) is 12.4. The molecule has 0 saturated heterocycles. The number of nitriles is 1. The lowest BCUT2D eigenvalue weighted by molar-refractivity contribution is -0.142. The van der Waals surface area contributed by atoms with Gasteiger partial charge in [0, 0.05) is 12.1 Å². The van der Waals surface area contributed by atoms with Crippen molar-refractivity contribution in [2.75, 3.05) is 5.75 Å².